The molecule has 0 bridgehead atoms. The molecule has 0 unspecified atom stereocenters. The van der Waals surface area contributed by atoms with E-state index >= 15 is 0 Å². The lowest BCUT2D eigenvalue weighted by atomic mass is 10.1. The Morgan fingerprint density at radius 3 is 2.38 bits per heavy atom. The van der Waals surface area contributed by atoms with E-state index in [4.69, 9.17) is 21.4 Å². The molecule has 0 amide bonds. The maximum absolute atomic E-state index is 12.7. The Morgan fingerprint density at radius 2 is 1.78 bits per heavy atom. The topological polar surface area (TPSA) is 59.6 Å². The van der Waals surface area contributed by atoms with Gasteiger partial charge in [-0.1, -0.05) is 12.1 Å². The van der Waals surface area contributed by atoms with Crippen LogP contribution < -0.4 is 9.64 Å². The summed E-state index contributed by atoms with van der Waals surface area (Å²) in [6.07, 6.45) is -2.98. The van der Waals surface area contributed by atoms with Gasteiger partial charge in [0.25, 0.3) is 4.84 Å². The molecule has 0 atom stereocenters. The highest BCUT2D eigenvalue weighted by atomic mass is 32.1. The van der Waals surface area contributed by atoms with Gasteiger partial charge in [-0.25, -0.2) is 9.67 Å². The molecule has 1 fully saturated rings. The molecule has 170 valence electrons. The molecule has 0 spiro atoms. The number of hydrogen-bond donors (Lipinski definition) is 0. The highest BCUT2D eigenvalue weighted by Crippen LogP contribution is 2.29. The Hall–Kier alpha value is -2.92. The fourth-order valence-electron chi connectivity index (χ4n) is 3.48. The zero-order chi connectivity index (χ0) is 22.7. The van der Waals surface area contributed by atoms with Crippen molar-refractivity contribution in [3.8, 4) is 5.75 Å². The van der Waals surface area contributed by atoms with Crippen LogP contribution in [-0.2, 0) is 19.3 Å². The van der Waals surface area contributed by atoms with Crippen LogP contribution in [0.25, 0.3) is 0 Å². The fourth-order valence-corrected chi connectivity index (χ4v) is 3.67. The minimum Gasteiger partial charge on any atom is -0.497 e. The molecule has 7 nitrogen and oxygen atoms in total. The molecule has 1 aliphatic rings. The molecule has 0 saturated carbocycles. The van der Waals surface area contributed by atoms with E-state index in [0.717, 1.165) is 23.6 Å². The van der Waals surface area contributed by atoms with Gasteiger partial charge in [0.05, 0.1) is 25.8 Å². The van der Waals surface area contributed by atoms with Crippen LogP contribution in [0, 0.1) is 4.84 Å². The number of nitrogens with zero attached hydrogens (tertiary/aromatic N) is 5. The van der Waals surface area contributed by atoms with Crippen molar-refractivity contribution >= 4 is 18.0 Å². The van der Waals surface area contributed by atoms with Gasteiger partial charge < -0.3 is 14.1 Å². The van der Waals surface area contributed by atoms with Gasteiger partial charge in [-0.2, -0.15) is 13.2 Å². The SMILES string of the molecule is COc1ccc(Cc2nn(CN3CCN(c4ccc(C(F)(F)F)cn4)CC3)c(=S)o2)cc1. The summed E-state index contributed by atoms with van der Waals surface area (Å²) in [5.74, 6) is 1.86. The summed E-state index contributed by atoms with van der Waals surface area (Å²) in [5, 5.41) is 4.49. The number of pyridine rings is 1. The second kappa shape index (κ2) is 9.29. The van der Waals surface area contributed by atoms with Gasteiger partial charge in [0, 0.05) is 32.4 Å². The molecule has 4 rings (SSSR count). The number of ether oxygens (including phenoxy) is 1. The van der Waals surface area contributed by atoms with Crippen molar-refractivity contribution < 1.29 is 22.3 Å². The number of anilines is 1. The van der Waals surface area contributed by atoms with Crippen LogP contribution >= 0.6 is 12.2 Å². The second-order valence-corrected chi connectivity index (χ2v) is 7.78. The molecule has 0 aliphatic carbocycles. The van der Waals surface area contributed by atoms with Crippen LogP contribution in [0.4, 0.5) is 19.0 Å². The minimum atomic E-state index is -4.38. The number of aromatic nitrogens is 3. The van der Waals surface area contributed by atoms with Crippen LogP contribution in [0.5, 0.6) is 5.75 Å². The molecule has 11 heteroatoms. The first-order chi connectivity index (χ1) is 15.3. The van der Waals surface area contributed by atoms with E-state index in [9.17, 15) is 13.2 Å². The van der Waals surface area contributed by atoms with Crippen molar-refractivity contribution in [3.63, 3.8) is 0 Å². The molecular weight excluding hydrogens is 443 g/mol. The zero-order valence-electron chi connectivity index (χ0n) is 17.4. The number of alkyl halides is 3. The van der Waals surface area contributed by atoms with Crippen LogP contribution in [0.1, 0.15) is 17.0 Å². The average Bonchev–Trinajstić information content (AvgIpc) is 3.12. The number of methoxy groups -OCH3 is 1. The summed E-state index contributed by atoms with van der Waals surface area (Å²) in [6.45, 7) is 3.17. The van der Waals surface area contributed by atoms with E-state index in [1.165, 1.54) is 6.07 Å². The molecule has 1 aliphatic heterocycles. The molecular formula is C21H22F3N5O2S. The van der Waals surface area contributed by atoms with Gasteiger partial charge in [0.2, 0.25) is 5.89 Å². The van der Waals surface area contributed by atoms with Crippen LogP contribution in [-0.4, -0.2) is 53.0 Å². The van der Waals surface area contributed by atoms with Gasteiger partial charge in [-0.05, 0) is 42.0 Å². The number of benzene rings is 1. The van der Waals surface area contributed by atoms with Crippen molar-refractivity contribution in [2.75, 3.05) is 38.2 Å². The van der Waals surface area contributed by atoms with Crippen LogP contribution in [0.2, 0.25) is 0 Å². The van der Waals surface area contributed by atoms with Crippen molar-refractivity contribution in [2.45, 2.75) is 19.3 Å². The standard InChI is InChI=1S/C21H22F3N5O2S/c1-30-17-5-2-15(3-6-17)12-19-26-29(20(32)31-19)14-27-8-10-28(11-9-27)18-7-4-16(13-25-18)21(22,23)24/h2-7,13H,8-12,14H2,1H3. The molecule has 2 aromatic heterocycles. The van der Waals surface area contributed by atoms with E-state index in [-0.39, 0.29) is 0 Å². The van der Waals surface area contributed by atoms with Gasteiger partial charge >= 0.3 is 6.18 Å². The largest absolute Gasteiger partial charge is 0.497 e. The zero-order valence-corrected chi connectivity index (χ0v) is 18.2. The van der Waals surface area contributed by atoms with E-state index in [2.05, 4.69) is 15.0 Å². The minimum absolute atomic E-state index is 0.306. The van der Waals surface area contributed by atoms with E-state index in [1.807, 2.05) is 29.2 Å². The third-order valence-corrected chi connectivity index (χ3v) is 5.56. The molecule has 3 aromatic rings. The van der Waals surface area contributed by atoms with Crippen molar-refractivity contribution in [1.29, 1.82) is 0 Å². The number of halogens is 3. The lowest BCUT2D eigenvalue weighted by molar-refractivity contribution is -0.137. The van der Waals surface area contributed by atoms with Crippen LogP contribution in [0.15, 0.2) is 47.0 Å². The summed E-state index contributed by atoms with van der Waals surface area (Å²) >= 11 is 5.31. The highest BCUT2D eigenvalue weighted by Gasteiger charge is 2.31. The number of hydrogen-bond acceptors (Lipinski definition) is 7. The van der Waals surface area contributed by atoms with Gasteiger partial charge in [-0.3, -0.25) is 4.90 Å². The number of piperazine rings is 1. The lowest BCUT2D eigenvalue weighted by Gasteiger charge is -2.35. The summed E-state index contributed by atoms with van der Waals surface area (Å²) in [6, 6.07) is 10.1. The maximum Gasteiger partial charge on any atom is 0.417 e. The van der Waals surface area contributed by atoms with Crippen molar-refractivity contribution in [1.82, 2.24) is 19.7 Å². The van der Waals surface area contributed by atoms with Crippen molar-refractivity contribution in [2.24, 2.45) is 0 Å². The summed E-state index contributed by atoms with van der Waals surface area (Å²) in [7, 11) is 1.62. The smallest absolute Gasteiger partial charge is 0.417 e. The van der Waals surface area contributed by atoms with E-state index in [1.54, 1.807) is 11.8 Å². The Labute approximate surface area is 188 Å². The third kappa shape index (κ3) is 5.28. The van der Waals surface area contributed by atoms with E-state index < -0.39 is 11.7 Å². The maximum atomic E-state index is 12.7. The second-order valence-electron chi connectivity index (χ2n) is 7.44. The Bertz CT molecular complexity index is 1090. The predicted octanol–water partition coefficient (Wildman–Crippen LogP) is 4.00. The molecule has 1 aromatic carbocycles. The summed E-state index contributed by atoms with van der Waals surface area (Å²) in [5.41, 5.74) is 0.289. The number of rotatable bonds is 6. The van der Waals surface area contributed by atoms with Gasteiger partial charge in [0.15, 0.2) is 0 Å². The third-order valence-electron chi connectivity index (χ3n) is 5.27. The van der Waals surface area contributed by atoms with Crippen LogP contribution in [0.3, 0.4) is 0 Å². The molecule has 3 heterocycles. The first-order valence-corrected chi connectivity index (χ1v) is 10.4. The van der Waals surface area contributed by atoms with Crippen molar-refractivity contribution in [3.05, 3.63) is 64.5 Å². The lowest BCUT2D eigenvalue weighted by Crippen LogP contribution is -2.47. The molecule has 0 radical (unpaired) electrons. The first-order valence-electron chi connectivity index (χ1n) is 10.0. The first kappa shape index (κ1) is 22.3. The quantitative estimate of drug-likeness (QED) is 0.510. The molecule has 0 N–H and O–H groups in total. The van der Waals surface area contributed by atoms with Gasteiger partial charge in [-0.15, -0.1) is 5.10 Å². The normalized spacial score (nSPS) is 15.2. The average molecular weight is 466 g/mol. The Morgan fingerprint density at radius 1 is 1.06 bits per heavy atom. The van der Waals surface area contributed by atoms with E-state index in [0.29, 0.717) is 55.8 Å². The predicted molar refractivity (Wildman–Crippen MR) is 114 cm³/mol. The monoisotopic (exact) mass is 465 g/mol. The Balaban J connectivity index is 1.32. The highest BCUT2D eigenvalue weighted by molar-refractivity contribution is 7.71. The summed E-state index contributed by atoms with van der Waals surface area (Å²) in [4.78, 5) is 8.41. The van der Waals surface area contributed by atoms with Gasteiger partial charge in [0.1, 0.15) is 11.6 Å². The molecule has 1 saturated heterocycles. The fraction of sp³-hybridized carbons (Fsp3) is 0.381. The molecule has 32 heavy (non-hydrogen) atoms. The Kier molecular flexibility index (Phi) is 6.47. The summed E-state index contributed by atoms with van der Waals surface area (Å²) < 4.78 is 50.6.